The molecule has 0 amide bonds. The first kappa shape index (κ1) is 39.3. The Morgan fingerprint density at radius 2 is 0.781 bits per heavy atom. The van der Waals surface area contributed by atoms with Crippen LogP contribution in [0.3, 0.4) is 0 Å². The summed E-state index contributed by atoms with van der Waals surface area (Å²) in [6, 6.07) is 77.0. The molecule has 64 heavy (non-hydrogen) atoms. The summed E-state index contributed by atoms with van der Waals surface area (Å²) in [5, 5.41) is 0. The fraction of sp³-hybridized carbons (Fsp3) is 0.133. The molecule has 2 atom stereocenters. The number of rotatable bonds is 9. The molecule has 0 radical (unpaired) electrons. The molecule has 0 spiro atoms. The number of para-hydroxylation sites is 6. The Balaban J connectivity index is 1.15. The highest BCUT2D eigenvalue weighted by Gasteiger charge is 2.52. The van der Waals surface area contributed by atoms with Crippen LogP contribution in [0.15, 0.2) is 236 Å². The van der Waals surface area contributed by atoms with Crippen molar-refractivity contribution in [2.75, 3.05) is 19.6 Å². The zero-order chi connectivity index (χ0) is 43.4. The van der Waals surface area contributed by atoms with Gasteiger partial charge in [0.15, 0.2) is 0 Å². The molecule has 0 saturated heterocycles. The van der Waals surface area contributed by atoms with E-state index in [2.05, 4.69) is 278 Å². The van der Waals surface area contributed by atoms with Crippen molar-refractivity contribution in [1.82, 2.24) is 0 Å². The first-order valence-corrected chi connectivity index (χ1v) is 22.5. The highest BCUT2D eigenvalue weighted by molar-refractivity contribution is 5.90. The van der Waals surface area contributed by atoms with Gasteiger partial charge in [-0.05, 0) is 126 Å². The maximum atomic E-state index is 2.69. The first-order chi connectivity index (χ1) is 31.3. The van der Waals surface area contributed by atoms with Crippen molar-refractivity contribution in [3.8, 4) is 0 Å². The summed E-state index contributed by atoms with van der Waals surface area (Å²) in [6.07, 6.45) is 7.41. The Kier molecular flexibility index (Phi) is 9.61. The average Bonchev–Trinajstić information content (AvgIpc) is 3.34. The molecule has 2 heterocycles. The number of allylic oxidation sites excluding steroid dienone is 1. The molecular formula is C60H52N4. The third-order valence-corrected chi connectivity index (χ3v) is 13.8. The third kappa shape index (κ3) is 6.52. The topological polar surface area (TPSA) is 13.0 Å². The summed E-state index contributed by atoms with van der Waals surface area (Å²) in [5.41, 5.74) is 16.2. The summed E-state index contributed by atoms with van der Waals surface area (Å²) in [7, 11) is 0. The maximum Gasteiger partial charge on any atom is 0.0598 e. The van der Waals surface area contributed by atoms with Crippen molar-refractivity contribution < 1.29 is 0 Å². The number of benzene rings is 8. The highest BCUT2D eigenvalue weighted by atomic mass is 15.2. The Hall–Kier alpha value is -7.56. The van der Waals surface area contributed by atoms with E-state index in [4.69, 9.17) is 0 Å². The molecule has 11 rings (SSSR count). The van der Waals surface area contributed by atoms with Gasteiger partial charge in [0.1, 0.15) is 0 Å². The molecule has 0 bridgehead atoms. The Morgan fingerprint density at radius 3 is 1.23 bits per heavy atom. The van der Waals surface area contributed by atoms with Gasteiger partial charge in [0.2, 0.25) is 0 Å². The highest BCUT2D eigenvalue weighted by Crippen LogP contribution is 2.61. The minimum absolute atomic E-state index is 0.0728. The van der Waals surface area contributed by atoms with Gasteiger partial charge < -0.3 is 19.6 Å². The van der Waals surface area contributed by atoms with Crippen LogP contribution in [-0.2, 0) is 10.8 Å². The van der Waals surface area contributed by atoms with Crippen LogP contribution in [0.1, 0.15) is 44.4 Å². The van der Waals surface area contributed by atoms with Crippen LogP contribution in [-0.4, -0.2) is 6.04 Å². The smallest absolute Gasteiger partial charge is 0.0598 e. The second kappa shape index (κ2) is 15.7. The fourth-order valence-corrected chi connectivity index (χ4v) is 10.6. The minimum atomic E-state index is -0.361. The Morgan fingerprint density at radius 1 is 0.391 bits per heavy atom. The zero-order valence-corrected chi connectivity index (χ0v) is 36.9. The van der Waals surface area contributed by atoms with E-state index in [0.717, 1.165) is 45.5 Å². The molecule has 312 valence electrons. The van der Waals surface area contributed by atoms with Crippen molar-refractivity contribution in [1.29, 1.82) is 0 Å². The summed E-state index contributed by atoms with van der Waals surface area (Å²) in [4.78, 5) is 9.93. The Bertz CT molecular complexity index is 2880. The molecule has 4 heteroatoms. The average molecular weight is 829 g/mol. The first-order valence-electron chi connectivity index (χ1n) is 22.5. The lowest BCUT2D eigenvalue weighted by atomic mass is 9.61. The predicted molar refractivity (Wildman–Crippen MR) is 269 cm³/mol. The van der Waals surface area contributed by atoms with Crippen LogP contribution in [0, 0.1) is 5.92 Å². The molecule has 0 saturated carbocycles. The molecule has 0 aromatic heterocycles. The van der Waals surface area contributed by atoms with Crippen LogP contribution in [0.25, 0.3) is 0 Å². The summed E-state index contributed by atoms with van der Waals surface area (Å²) >= 11 is 0. The largest absolute Gasteiger partial charge is 0.333 e. The van der Waals surface area contributed by atoms with E-state index >= 15 is 0 Å². The van der Waals surface area contributed by atoms with Gasteiger partial charge in [0.25, 0.3) is 0 Å². The number of fused-ring (bicyclic) bond motifs is 4. The molecule has 0 N–H and O–H groups in total. The molecular weight excluding hydrogens is 777 g/mol. The van der Waals surface area contributed by atoms with E-state index < -0.39 is 0 Å². The molecule has 2 aliphatic heterocycles. The van der Waals surface area contributed by atoms with E-state index in [1.807, 2.05) is 0 Å². The van der Waals surface area contributed by atoms with Crippen molar-refractivity contribution in [3.63, 3.8) is 0 Å². The Labute approximate surface area is 378 Å². The molecule has 3 aliphatic rings. The van der Waals surface area contributed by atoms with Crippen molar-refractivity contribution in [2.45, 2.75) is 44.6 Å². The van der Waals surface area contributed by atoms with Gasteiger partial charge in [-0.25, -0.2) is 0 Å². The summed E-state index contributed by atoms with van der Waals surface area (Å²) in [5.74, 6) is 0.124. The number of anilines is 10. The third-order valence-electron chi connectivity index (χ3n) is 13.8. The lowest BCUT2D eigenvalue weighted by molar-refractivity contribution is 0.326. The van der Waals surface area contributed by atoms with Gasteiger partial charge in [-0.2, -0.15) is 0 Å². The predicted octanol–water partition coefficient (Wildman–Crippen LogP) is 16.0. The SMILES string of the molecule is CC1(C)c2cc(N(c3ccccc3)c3ccccc3)ccc2N2c3c1cc(N(c1ccccc1)c1ccccc1)cc3C(C)(C)C1C=C(N(c3ccccc3)c3ccccc3)C=CC12. The van der Waals surface area contributed by atoms with Gasteiger partial charge in [-0.1, -0.05) is 149 Å². The minimum Gasteiger partial charge on any atom is -0.333 e. The maximum absolute atomic E-state index is 2.69. The van der Waals surface area contributed by atoms with Gasteiger partial charge >= 0.3 is 0 Å². The van der Waals surface area contributed by atoms with Gasteiger partial charge in [-0.3, -0.25) is 0 Å². The molecule has 1 aliphatic carbocycles. The summed E-state index contributed by atoms with van der Waals surface area (Å²) in [6.45, 7) is 9.82. The van der Waals surface area contributed by atoms with Crippen molar-refractivity contribution >= 4 is 56.9 Å². The van der Waals surface area contributed by atoms with E-state index in [-0.39, 0.29) is 22.8 Å². The van der Waals surface area contributed by atoms with E-state index in [1.54, 1.807) is 0 Å². The number of nitrogens with zero attached hydrogens (tertiary/aromatic N) is 4. The van der Waals surface area contributed by atoms with Crippen LogP contribution in [0.2, 0.25) is 0 Å². The van der Waals surface area contributed by atoms with Gasteiger partial charge in [0.05, 0.1) is 6.04 Å². The van der Waals surface area contributed by atoms with E-state index in [1.165, 1.54) is 33.8 Å². The standard InChI is InChI=1S/C60H52N4/c1-59(2)52-39-49(61(43-23-11-5-12-24-43)44-25-13-6-14-26-44)35-37-56(52)64-57-38-36-50(62(45-27-15-7-16-28-45)46-29-17-8-18-30-46)40-53(57)60(3,4)55-42-51(41-54(59)58(55)64)63(47-31-19-9-20-32-47)48-33-21-10-22-34-48/h5-42,52,56H,1-4H3. The lowest BCUT2D eigenvalue weighted by Gasteiger charge is -2.56. The van der Waals surface area contributed by atoms with Gasteiger partial charge in [0, 0.05) is 79.3 Å². The van der Waals surface area contributed by atoms with Crippen molar-refractivity contribution in [2.24, 2.45) is 5.92 Å². The fourth-order valence-electron chi connectivity index (χ4n) is 10.6. The molecule has 4 nitrogen and oxygen atoms in total. The monoisotopic (exact) mass is 828 g/mol. The molecule has 2 unspecified atom stereocenters. The second-order valence-electron chi connectivity index (χ2n) is 18.3. The van der Waals surface area contributed by atoms with E-state index in [0.29, 0.717) is 0 Å². The lowest BCUT2D eigenvalue weighted by Crippen LogP contribution is -2.53. The van der Waals surface area contributed by atoms with Crippen LogP contribution in [0.5, 0.6) is 0 Å². The molecule has 0 fully saturated rings. The quantitative estimate of drug-likeness (QED) is 0.144. The molecule has 8 aromatic rings. The zero-order valence-electron chi connectivity index (χ0n) is 36.9. The normalized spacial score (nSPS) is 17.3. The van der Waals surface area contributed by atoms with Crippen LogP contribution in [0.4, 0.5) is 56.9 Å². The molecule has 8 aromatic carbocycles. The van der Waals surface area contributed by atoms with Gasteiger partial charge in [-0.15, -0.1) is 0 Å². The number of hydrogen-bond acceptors (Lipinski definition) is 4. The van der Waals surface area contributed by atoms with Crippen LogP contribution >= 0.6 is 0 Å². The summed E-state index contributed by atoms with van der Waals surface area (Å²) < 4.78 is 0. The number of hydrogen-bond donors (Lipinski definition) is 0. The second-order valence-corrected chi connectivity index (χ2v) is 18.3. The van der Waals surface area contributed by atoms with Crippen molar-refractivity contribution in [3.05, 3.63) is 253 Å². The van der Waals surface area contributed by atoms with Crippen LogP contribution < -0.4 is 19.6 Å². The van der Waals surface area contributed by atoms with E-state index in [9.17, 15) is 0 Å².